The van der Waals surface area contributed by atoms with Crippen molar-refractivity contribution in [3.05, 3.63) is 7.11 Å². The summed E-state index contributed by atoms with van der Waals surface area (Å²) in [4.78, 5) is 0. The van der Waals surface area contributed by atoms with Crippen LogP contribution in [-0.4, -0.2) is 6.36 Å². The fraction of sp³-hybridized carbons (Fsp3) is 0.800. The van der Waals surface area contributed by atoms with Gasteiger partial charge in [0.25, 0.3) is 0 Å². The van der Waals surface area contributed by atoms with Gasteiger partial charge in [-0.05, 0) is 0 Å². The molecular formula is C5H10FO. The van der Waals surface area contributed by atoms with Crippen LogP contribution in [0.5, 0.6) is 0 Å². The second kappa shape index (κ2) is 4.06. The Morgan fingerprint density at radius 1 is 1.86 bits per heavy atom. The number of alkyl halides is 1. The largest absolute Gasteiger partial charge is 0.346 e. The standard InChI is InChI=1S/C5H10FO/c1-3-4-5(6)7-2/h5H,2-4H2,1H3. The van der Waals surface area contributed by atoms with Crippen molar-refractivity contribution in [2.24, 2.45) is 0 Å². The molecule has 0 aliphatic rings. The third-order valence-corrected chi connectivity index (χ3v) is 0.696. The maximum Gasteiger partial charge on any atom is 0.198 e. The van der Waals surface area contributed by atoms with Gasteiger partial charge in [0, 0.05) is 6.42 Å². The molecule has 2 heteroatoms. The van der Waals surface area contributed by atoms with E-state index in [0.29, 0.717) is 6.42 Å². The van der Waals surface area contributed by atoms with Crippen LogP contribution in [0.4, 0.5) is 4.39 Å². The van der Waals surface area contributed by atoms with E-state index in [4.69, 9.17) is 0 Å². The van der Waals surface area contributed by atoms with Crippen LogP contribution in [0, 0.1) is 7.11 Å². The lowest BCUT2D eigenvalue weighted by atomic mass is 10.3. The molecule has 0 bridgehead atoms. The van der Waals surface area contributed by atoms with Crippen molar-refractivity contribution in [2.45, 2.75) is 26.1 Å². The van der Waals surface area contributed by atoms with E-state index in [1.165, 1.54) is 0 Å². The Morgan fingerprint density at radius 2 is 2.43 bits per heavy atom. The van der Waals surface area contributed by atoms with Gasteiger partial charge in [-0.15, -0.1) is 0 Å². The molecule has 0 aromatic rings. The first-order valence-corrected chi connectivity index (χ1v) is 2.36. The Kier molecular flexibility index (Phi) is 4.00. The molecule has 1 unspecified atom stereocenters. The van der Waals surface area contributed by atoms with Crippen LogP contribution in [0.15, 0.2) is 0 Å². The summed E-state index contributed by atoms with van der Waals surface area (Å²) in [5.41, 5.74) is 0. The molecule has 0 rings (SSSR count). The smallest absolute Gasteiger partial charge is 0.198 e. The topological polar surface area (TPSA) is 9.23 Å². The number of rotatable bonds is 3. The summed E-state index contributed by atoms with van der Waals surface area (Å²) >= 11 is 0. The predicted molar refractivity (Wildman–Crippen MR) is 26.2 cm³/mol. The van der Waals surface area contributed by atoms with E-state index < -0.39 is 6.36 Å². The molecule has 1 nitrogen and oxygen atoms in total. The molecule has 1 radical (unpaired) electrons. The van der Waals surface area contributed by atoms with Gasteiger partial charge >= 0.3 is 0 Å². The minimum absolute atomic E-state index is 0.448. The zero-order chi connectivity index (χ0) is 5.70. The average molecular weight is 105 g/mol. The van der Waals surface area contributed by atoms with E-state index in [9.17, 15) is 4.39 Å². The Balaban J connectivity index is 2.83. The molecule has 7 heavy (non-hydrogen) atoms. The molecule has 0 spiro atoms. The van der Waals surface area contributed by atoms with Crippen molar-refractivity contribution < 1.29 is 9.13 Å². The van der Waals surface area contributed by atoms with Crippen LogP contribution >= 0.6 is 0 Å². The van der Waals surface area contributed by atoms with Crippen molar-refractivity contribution in [1.29, 1.82) is 0 Å². The third kappa shape index (κ3) is 3.73. The number of halogens is 1. The summed E-state index contributed by atoms with van der Waals surface area (Å²) in [7, 11) is 2.93. The summed E-state index contributed by atoms with van der Waals surface area (Å²) < 4.78 is 15.9. The molecule has 0 amide bonds. The van der Waals surface area contributed by atoms with Crippen molar-refractivity contribution in [2.75, 3.05) is 0 Å². The summed E-state index contributed by atoms with van der Waals surface area (Å²) in [6.45, 7) is 1.89. The van der Waals surface area contributed by atoms with Gasteiger partial charge in [0.2, 0.25) is 0 Å². The van der Waals surface area contributed by atoms with E-state index in [1.807, 2.05) is 6.92 Å². The molecule has 0 N–H and O–H groups in total. The monoisotopic (exact) mass is 105 g/mol. The minimum Gasteiger partial charge on any atom is -0.346 e. The van der Waals surface area contributed by atoms with Crippen LogP contribution < -0.4 is 0 Å². The van der Waals surface area contributed by atoms with Crippen molar-refractivity contribution in [3.63, 3.8) is 0 Å². The van der Waals surface area contributed by atoms with Gasteiger partial charge < -0.3 is 4.74 Å². The second-order valence-electron chi connectivity index (χ2n) is 1.37. The lowest BCUT2D eigenvalue weighted by Gasteiger charge is -1.99. The van der Waals surface area contributed by atoms with E-state index in [1.54, 1.807) is 0 Å². The van der Waals surface area contributed by atoms with E-state index in [-0.39, 0.29) is 0 Å². The SMILES string of the molecule is [CH2]OC(F)CCC. The number of hydrogen-bond donors (Lipinski definition) is 0. The fourth-order valence-corrected chi connectivity index (χ4v) is 0.310. The minimum atomic E-state index is -1.16. The molecule has 0 aliphatic heterocycles. The normalized spacial score (nSPS) is 14.1. The first kappa shape index (κ1) is 6.89. The van der Waals surface area contributed by atoms with Crippen LogP contribution in [0.25, 0.3) is 0 Å². The van der Waals surface area contributed by atoms with Gasteiger partial charge in [0.05, 0.1) is 7.11 Å². The molecule has 0 saturated heterocycles. The van der Waals surface area contributed by atoms with Gasteiger partial charge in [0.1, 0.15) is 0 Å². The Bertz CT molecular complexity index is 39.1. The summed E-state index contributed by atoms with van der Waals surface area (Å²) in [6.07, 6.45) is 0.0881. The molecular weight excluding hydrogens is 95.1 g/mol. The Hall–Kier alpha value is -0.110. The summed E-state index contributed by atoms with van der Waals surface area (Å²) in [6, 6.07) is 0. The lowest BCUT2D eigenvalue weighted by molar-refractivity contribution is 0.0130. The highest BCUT2D eigenvalue weighted by Gasteiger charge is 1.98. The lowest BCUT2D eigenvalue weighted by Crippen LogP contribution is -1.98. The molecule has 43 valence electrons. The molecule has 0 aliphatic carbocycles. The quantitative estimate of drug-likeness (QED) is 0.532. The van der Waals surface area contributed by atoms with Gasteiger partial charge in [-0.1, -0.05) is 13.3 Å². The first-order valence-electron chi connectivity index (χ1n) is 2.36. The zero-order valence-electron chi connectivity index (χ0n) is 4.48. The zero-order valence-corrected chi connectivity index (χ0v) is 4.48. The molecule has 1 atom stereocenters. The van der Waals surface area contributed by atoms with Crippen LogP contribution in [-0.2, 0) is 4.74 Å². The molecule has 0 fully saturated rings. The number of ether oxygens (including phenoxy) is 1. The fourth-order valence-electron chi connectivity index (χ4n) is 0.310. The molecule has 0 aromatic heterocycles. The van der Waals surface area contributed by atoms with Gasteiger partial charge in [0.15, 0.2) is 6.36 Å². The van der Waals surface area contributed by atoms with E-state index in [2.05, 4.69) is 11.8 Å². The van der Waals surface area contributed by atoms with Gasteiger partial charge in [-0.2, -0.15) is 0 Å². The van der Waals surface area contributed by atoms with Crippen molar-refractivity contribution >= 4 is 0 Å². The maximum absolute atomic E-state index is 11.8. The maximum atomic E-state index is 11.8. The highest BCUT2D eigenvalue weighted by molar-refractivity contribution is 4.37. The Morgan fingerprint density at radius 3 is 2.57 bits per heavy atom. The second-order valence-corrected chi connectivity index (χ2v) is 1.37. The molecule has 0 aromatic carbocycles. The predicted octanol–water partition coefficient (Wildman–Crippen LogP) is 1.89. The average Bonchev–Trinajstić information content (AvgIpc) is 1.68. The molecule has 0 heterocycles. The van der Waals surface area contributed by atoms with Crippen LogP contribution in [0.3, 0.4) is 0 Å². The van der Waals surface area contributed by atoms with Gasteiger partial charge in [-0.25, -0.2) is 4.39 Å². The van der Waals surface area contributed by atoms with Crippen molar-refractivity contribution in [1.82, 2.24) is 0 Å². The number of hydrogen-bond acceptors (Lipinski definition) is 1. The van der Waals surface area contributed by atoms with E-state index >= 15 is 0 Å². The summed E-state index contributed by atoms with van der Waals surface area (Å²) in [5.74, 6) is 0. The summed E-state index contributed by atoms with van der Waals surface area (Å²) in [5, 5.41) is 0. The van der Waals surface area contributed by atoms with Crippen molar-refractivity contribution in [3.8, 4) is 0 Å². The third-order valence-electron chi connectivity index (χ3n) is 0.696. The van der Waals surface area contributed by atoms with Crippen LogP contribution in [0.2, 0.25) is 0 Å². The first-order chi connectivity index (χ1) is 3.31. The highest BCUT2D eigenvalue weighted by atomic mass is 19.1. The van der Waals surface area contributed by atoms with Crippen LogP contribution in [0.1, 0.15) is 19.8 Å². The highest BCUT2D eigenvalue weighted by Crippen LogP contribution is 2.00. The molecule has 0 saturated carbocycles. The Labute approximate surface area is 43.5 Å². The van der Waals surface area contributed by atoms with E-state index in [0.717, 1.165) is 6.42 Å². The van der Waals surface area contributed by atoms with Gasteiger partial charge in [-0.3, -0.25) is 0 Å².